The molecule has 1 aliphatic rings. The number of carboxylic acids is 1. The van der Waals surface area contributed by atoms with E-state index in [9.17, 15) is 9.90 Å². The van der Waals surface area contributed by atoms with Gasteiger partial charge in [0.2, 0.25) is 5.88 Å². The van der Waals surface area contributed by atoms with Crippen LogP contribution in [0.3, 0.4) is 0 Å². The van der Waals surface area contributed by atoms with E-state index in [0.717, 1.165) is 42.0 Å². The summed E-state index contributed by atoms with van der Waals surface area (Å²) in [6, 6.07) is 18.0. The number of aromatic nitrogens is 3. The Kier molecular flexibility index (Phi) is 6.92. The fourth-order valence-electron chi connectivity index (χ4n) is 4.50. The number of hydrogen-bond donors (Lipinski definition) is 2. The van der Waals surface area contributed by atoms with E-state index in [1.54, 1.807) is 6.07 Å². The maximum atomic E-state index is 11.7. The summed E-state index contributed by atoms with van der Waals surface area (Å²) in [4.78, 5) is 16.5. The summed E-state index contributed by atoms with van der Waals surface area (Å²) in [6.45, 7) is 8.05. The quantitative estimate of drug-likeness (QED) is 0.355. The van der Waals surface area contributed by atoms with Gasteiger partial charge in [0, 0.05) is 12.1 Å². The maximum Gasteiger partial charge on any atom is 0.342 e. The number of para-hydroxylation sites is 1. The highest BCUT2D eigenvalue weighted by Crippen LogP contribution is 2.34. The first kappa shape index (κ1) is 24.5. The van der Waals surface area contributed by atoms with Gasteiger partial charge in [-0.05, 0) is 74.2 Å². The number of aromatic carboxylic acids is 1. The summed E-state index contributed by atoms with van der Waals surface area (Å²) in [5.74, 6) is 0.259. The third kappa shape index (κ3) is 5.20. The minimum atomic E-state index is -1.11. The number of carbonyl (C=O) groups is 1. The Balaban J connectivity index is 1.47. The lowest BCUT2D eigenvalue weighted by molar-refractivity contribution is 0.0690. The second-order valence-electron chi connectivity index (χ2n) is 9.40. The van der Waals surface area contributed by atoms with Crippen molar-refractivity contribution in [3.05, 3.63) is 88.6 Å². The highest BCUT2D eigenvalue weighted by Gasteiger charge is 2.22. The number of ether oxygens (including phenoxy) is 2. The summed E-state index contributed by atoms with van der Waals surface area (Å²) < 4.78 is 13.6. The fraction of sp³-hybridized carbons (Fsp3) is 0.276. The molecule has 0 saturated heterocycles. The number of hydrogen-bond acceptors (Lipinski definition) is 6. The van der Waals surface area contributed by atoms with Gasteiger partial charge in [-0.25, -0.2) is 9.78 Å². The van der Waals surface area contributed by atoms with Gasteiger partial charge in [-0.15, -0.1) is 0 Å². The number of nitrogens with one attached hydrogen (secondary N) is 1. The number of carboxylic acid groups (broad SMARTS) is 1. The number of benzene rings is 2. The van der Waals surface area contributed by atoms with Crippen molar-refractivity contribution in [3.8, 4) is 28.7 Å². The van der Waals surface area contributed by atoms with Crippen molar-refractivity contribution in [1.29, 1.82) is 0 Å². The largest absolute Gasteiger partial charge is 0.488 e. The molecule has 37 heavy (non-hydrogen) atoms. The van der Waals surface area contributed by atoms with Crippen LogP contribution in [0.5, 0.6) is 11.6 Å². The zero-order chi connectivity index (χ0) is 25.9. The molecule has 3 heterocycles. The number of rotatable bonds is 8. The van der Waals surface area contributed by atoms with E-state index < -0.39 is 5.97 Å². The molecule has 2 aromatic heterocycles. The average Bonchev–Trinajstić information content (AvgIpc) is 3.31. The van der Waals surface area contributed by atoms with Crippen LogP contribution in [0.1, 0.15) is 46.5 Å². The van der Waals surface area contributed by atoms with Gasteiger partial charge in [-0.3, -0.25) is 0 Å². The van der Waals surface area contributed by atoms with Gasteiger partial charge in [-0.1, -0.05) is 36.4 Å². The van der Waals surface area contributed by atoms with Crippen molar-refractivity contribution in [1.82, 2.24) is 20.1 Å². The van der Waals surface area contributed by atoms with E-state index in [4.69, 9.17) is 14.5 Å². The second kappa shape index (κ2) is 10.4. The minimum absolute atomic E-state index is 0.0127. The molecule has 0 atom stereocenters. The van der Waals surface area contributed by atoms with Crippen LogP contribution in [-0.2, 0) is 19.6 Å². The van der Waals surface area contributed by atoms with Crippen LogP contribution in [0.2, 0.25) is 0 Å². The minimum Gasteiger partial charge on any atom is -0.488 e. The van der Waals surface area contributed by atoms with Gasteiger partial charge in [0.05, 0.1) is 18.0 Å². The van der Waals surface area contributed by atoms with E-state index in [2.05, 4.69) is 28.6 Å². The summed E-state index contributed by atoms with van der Waals surface area (Å²) in [6.07, 6.45) is 2.08. The van der Waals surface area contributed by atoms with Gasteiger partial charge >= 0.3 is 5.97 Å². The number of fused-ring (bicyclic) bond motifs is 1. The zero-order valence-electron chi connectivity index (χ0n) is 21.2. The van der Waals surface area contributed by atoms with Crippen LogP contribution in [0.15, 0.2) is 60.8 Å². The lowest BCUT2D eigenvalue weighted by atomic mass is 9.99. The van der Waals surface area contributed by atoms with Crippen molar-refractivity contribution in [2.45, 2.75) is 46.4 Å². The zero-order valence-corrected chi connectivity index (χ0v) is 21.2. The molecule has 8 nitrogen and oxygen atoms in total. The van der Waals surface area contributed by atoms with Crippen LogP contribution >= 0.6 is 0 Å². The molecule has 0 fully saturated rings. The molecule has 0 radical (unpaired) electrons. The molecule has 0 unspecified atom stereocenters. The van der Waals surface area contributed by atoms with Gasteiger partial charge in [0.25, 0.3) is 0 Å². The van der Waals surface area contributed by atoms with Crippen LogP contribution < -0.4 is 14.8 Å². The Morgan fingerprint density at radius 2 is 1.97 bits per heavy atom. The summed E-state index contributed by atoms with van der Waals surface area (Å²) >= 11 is 0. The van der Waals surface area contributed by atoms with Crippen molar-refractivity contribution in [2.24, 2.45) is 0 Å². The first-order chi connectivity index (χ1) is 17.9. The molecule has 0 aliphatic carbocycles. The molecule has 2 aromatic carbocycles. The molecular weight excluding hydrogens is 468 g/mol. The van der Waals surface area contributed by atoms with Crippen LogP contribution in [-0.4, -0.2) is 38.5 Å². The molecular formula is C29H30N4O4. The van der Waals surface area contributed by atoms with E-state index in [0.29, 0.717) is 18.1 Å². The highest BCUT2D eigenvalue weighted by atomic mass is 16.5. The molecule has 0 bridgehead atoms. The van der Waals surface area contributed by atoms with Crippen LogP contribution in [0, 0.1) is 6.92 Å². The normalized spacial score (nSPS) is 12.9. The first-order valence-electron chi connectivity index (χ1n) is 12.4. The van der Waals surface area contributed by atoms with E-state index in [-0.39, 0.29) is 17.5 Å². The Morgan fingerprint density at radius 3 is 2.78 bits per heavy atom. The summed E-state index contributed by atoms with van der Waals surface area (Å²) in [5, 5.41) is 17.2. The Bertz CT molecular complexity index is 1440. The van der Waals surface area contributed by atoms with Gasteiger partial charge in [0.15, 0.2) is 5.82 Å². The highest BCUT2D eigenvalue weighted by molar-refractivity contribution is 5.90. The van der Waals surface area contributed by atoms with E-state index >= 15 is 0 Å². The maximum absolute atomic E-state index is 11.7. The molecule has 8 heteroatoms. The van der Waals surface area contributed by atoms with Gasteiger partial charge < -0.3 is 19.9 Å². The lowest BCUT2D eigenvalue weighted by Crippen LogP contribution is -2.23. The molecule has 0 saturated carbocycles. The fourth-order valence-corrected chi connectivity index (χ4v) is 4.50. The smallest absolute Gasteiger partial charge is 0.342 e. The van der Waals surface area contributed by atoms with Crippen molar-refractivity contribution >= 4 is 5.97 Å². The van der Waals surface area contributed by atoms with Crippen molar-refractivity contribution in [2.75, 3.05) is 6.54 Å². The second-order valence-corrected chi connectivity index (χ2v) is 9.40. The molecule has 2 N–H and O–H groups in total. The van der Waals surface area contributed by atoms with Crippen LogP contribution in [0.25, 0.3) is 17.1 Å². The SMILES string of the molecule is Cc1cccc(-c2cccc(-n3ncc(C(=O)O)c3OC(C)C)n2)c1OCc1ccc2c(c1)CCNC2. The van der Waals surface area contributed by atoms with Gasteiger partial charge in [-0.2, -0.15) is 9.78 Å². The standard InChI is InChI=1S/C29H30N4O4/c1-18(2)37-28-24(29(34)35)16-31-33(28)26-9-5-8-25(32-26)23-7-4-6-19(3)27(23)36-17-20-10-11-22-15-30-13-12-21(22)14-20/h4-11,14,16,18,30H,12-13,15,17H2,1-3H3,(H,34,35). The monoisotopic (exact) mass is 498 g/mol. The summed E-state index contributed by atoms with van der Waals surface area (Å²) in [7, 11) is 0. The number of pyridine rings is 1. The Labute approximate surface area is 215 Å². The molecule has 1 aliphatic heterocycles. The Morgan fingerprint density at radius 1 is 1.14 bits per heavy atom. The van der Waals surface area contributed by atoms with E-state index in [1.165, 1.54) is 22.0 Å². The number of aryl methyl sites for hydroxylation is 1. The third-order valence-corrected chi connectivity index (χ3v) is 6.28. The molecule has 4 aromatic rings. The van der Waals surface area contributed by atoms with Crippen molar-refractivity contribution < 1.29 is 19.4 Å². The predicted molar refractivity (Wildman–Crippen MR) is 140 cm³/mol. The topological polar surface area (TPSA) is 98.5 Å². The molecule has 0 spiro atoms. The van der Waals surface area contributed by atoms with Crippen molar-refractivity contribution in [3.63, 3.8) is 0 Å². The lowest BCUT2D eigenvalue weighted by Gasteiger charge is -2.19. The number of nitrogens with zero attached hydrogens (tertiary/aromatic N) is 3. The predicted octanol–water partition coefficient (Wildman–Crippen LogP) is 4.95. The van der Waals surface area contributed by atoms with Crippen LogP contribution in [0.4, 0.5) is 0 Å². The first-order valence-corrected chi connectivity index (χ1v) is 12.4. The third-order valence-electron chi connectivity index (χ3n) is 6.28. The average molecular weight is 499 g/mol. The Hall–Kier alpha value is -4.17. The molecule has 0 amide bonds. The molecule has 5 rings (SSSR count). The van der Waals surface area contributed by atoms with Gasteiger partial charge in [0.1, 0.15) is 17.9 Å². The summed E-state index contributed by atoms with van der Waals surface area (Å²) in [5.41, 5.74) is 6.38. The van der Waals surface area contributed by atoms with E-state index in [1.807, 2.05) is 51.1 Å². The molecule has 190 valence electrons.